The van der Waals surface area contributed by atoms with E-state index < -0.39 is 5.60 Å². The number of aliphatic hydroxyl groups excluding tert-OH is 1. The Hall–Kier alpha value is -0.800. The molecule has 2 atom stereocenters. The Kier molecular flexibility index (Phi) is 2.16. The molecule has 0 radical (unpaired) electrons. The molecule has 1 N–H and O–H groups in total. The summed E-state index contributed by atoms with van der Waals surface area (Å²) >= 11 is 0. The molecule has 0 aliphatic carbocycles. The van der Waals surface area contributed by atoms with Crippen molar-refractivity contribution < 1.29 is 14.3 Å². The molecule has 2 unspecified atom stereocenters. The zero-order valence-corrected chi connectivity index (χ0v) is 8.62. The van der Waals surface area contributed by atoms with Crippen molar-refractivity contribution in [1.29, 1.82) is 0 Å². The van der Waals surface area contributed by atoms with Crippen molar-refractivity contribution in [3.63, 3.8) is 0 Å². The Bertz CT molecular complexity index is 306. The highest BCUT2D eigenvalue weighted by Gasteiger charge is 2.45. The lowest BCUT2D eigenvalue weighted by molar-refractivity contribution is -0.119. The van der Waals surface area contributed by atoms with Gasteiger partial charge in [-0.1, -0.05) is 0 Å². The standard InChI is InChI=1S/C11H16O3/c1-10(8-12)5-6-11(2,14-10)9-4-3-7-13-9/h3-4,7,12H,5-6,8H2,1-2H3. The molecule has 3 heteroatoms. The van der Waals surface area contributed by atoms with Gasteiger partial charge in [0.15, 0.2) is 0 Å². The van der Waals surface area contributed by atoms with Gasteiger partial charge in [-0.2, -0.15) is 0 Å². The molecule has 1 saturated heterocycles. The van der Waals surface area contributed by atoms with Gasteiger partial charge in [-0.15, -0.1) is 0 Å². The van der Waals surface area contributed by atoms with Crippen LogP contribution in [0.2, 0.25) is 0 Å². The molecule has 1 aliphatic heterocycles. The van der Waals surface area contributed by atoms with Crippen LogP contribution in [0.15, 0.2) is 22.8 Å². The number of rotatable bonds is 2. The Labute approximate surface area is 83.7 Å². The van der Waals surface area contributed by atoms with Crippen molar-refractivity contribution >= 4 is 0 Å². The monoisotopic (exact) mass is 196 g/mol. The second-order valence-corrected chi connectivity index (χ2v) is 4.42. The summed E-state index contributed by atoms with van der Waals surface area (Å²) in [5.41, 5.74) is -0.789. The Morgan fingerprint density at radius 3 is 2.71 bits per heavy atom. The molecule has 14 heavy (non-hydrogen) atoms. The molecule has 78 valence electrons. The summed E-state index contributed by atoms with van der Waals surface area (Å²) in [5, 5.41) is 9.20. The van der Waals surface area contributed by atoms with E-state index in [1.54, 1.807) is 6.26 Å². The highest BCUT2D eigenvalue weighted by molar-refractivity contribution is 5.11. The summed E-state index contributed by atoms with van der Waals surface area (Å²) in [4.78, 5) is 0. The molecule has 2 heterocycles. The quantitative estimate of drug-likeness (QED) is 0.787. The van der Waals surface area contributed by atoms with Crippen molar-refractivity contribution in [3.8, 4) is 0 Å². The number of hydrogen-bond acceptors (Lipinski definition) is 3. The predicted octanol–water partition coefficient (Wildman–Crippen LogP) is 2.06. The van der Waals surface area contributed by atoms with E-state index in [2.05, 4.69) is 0 Å². The van der Waals surface area contributed by atoms with E-state index >= 15 is 0 Å². The van der Waals surface area contributed by atoms with E-state index in [0.29, 0.717) is 0 Å². The molecular weight excluding hydrogens is 180 g/mol. The molecular formula is C11H16O3. The molecule has 0 amide bonds. The first-order valence-corrected chi connectivity index (χ1v) is 4.93. The zero-order chi connectivity index (χ0) is 10.2. The fourth-order valence-electron chi connectivity index (χ4n) is 2.01. The van der Waals surface area contributed by atoms with Crippen molar-refractivity contribution in [2.24, 2.45) is 0 Å². The number of ether oxygens (including phenoxy) is 1. The summed E-state index contributed by atoms with van der Waals surface area (Å²) in [7, 11) is 0. The maximum Gasteiger partial charge on any atom is 0.135 e. The first kappa shape index (κ1) is 9.74. The number of furan rings is 1. The second-order valence-electron chi connectivity index (χ2n) is 4.42. The molecule has 1 fully saturated rings. The van der Waals surface area contributed by atoms with Crippen LogP contribution in [0.5, 0.6) is 0 Å². The first-order valence-electron chi connectivity index (χ1n) is 4.93. The summed E-state index contributed by atoms with van der Waals surface area (Å²) in [6.45, 7) is 4.00. The van der Waals surface area contributed by atoms with Gasteiger partial charge in [0, 0.05) is 0 Å². The van der Waals surface area contributed by atoms with Crippen molar-refractivity contribution in [2.75, 3.05) is 6.61 Å². The molecule has 2 rings (SSSR count). The minimum absolute atomic E-state index is 0.0588. The molecule has 0 saturated carbocycles. The maximum atomic E-state index is 9.20. The zero-order valence-electron chi connectivity index (χ0n) is 8.62. The van der Waals surface area contributed by atoms with Crippen LogP contribution in [0.4, 0.5) is 0 Å². The van der Waals surface area contributed by atoms with Crippen LogP contribution in [-0.4, -0.2) is 17.3 Å². The Morgan fingerprint density at radius 1 is 1.43 bits per heavy atom. The van der Waals surface area contributed by atoms with Gasteiger partial charge in [-0.05, 0) is 38.8 Å². The van der Waals surface area contributed by atoms with Crippen LogP contribution < -0.4 is 0 Å². The highest BCUT2D eigenvalue weighted by Crippen LogP contribution is 2.44. The normalized spacial score (nSPS) is 37.6. The third-order valence-electron chi connectivity index (χ3n) is 2.98. The van der Waals surface area contributed by atoms with E-state index in [-0.39, 0.29) is 12.2 Å². The minimum atomic E-state index is -0.415. The van der Waals surface area contributed by atoms with Crippen LogP contribution in [0.3, 0.4) is 0 Å². The van der Waals surface area contributed by atoms with E-state index in [1.807, 2.05) is 26.0 Å². The third kappa shape index (κ3) is 1.47. The van der Waals surface area contributed by atoms with Gasteiger partial charge in [0.25, 0.3) is 0 Å². The van der Waals surface area contributed by atoms with Crippen LogP contribution in [0.1, 0.15) is 32.4 Å². The Morgan fingerprint density at radius 2 is 2.21 bits per heavy atom. The van der Waals surface area contributed by atoms with Crippen LogP contribution >= 0.6 is 0 Å². The smallest absolute Gasteiger partial charge is 0.135 e. The number of aliphatic hydroxyl groups is 1. The summed E-state index contributed by atoms with van der Waals surface area (Å²) in [5.74, 6) is 0.842. The van der Waals surface area contributed by atoms with Gasteiger partial charge in [0.1, 0.15) is 11.4 Å². The van der Waals surface area contributed by atoms with Crippen LogP contribution in [0.25, 0.3) is 0 Å². The van der Waals surface area contributed by atoms with E-state index in [0.717, 1.165) is 18.6 Å². The van der Waals surface area contributed by atoms with E-state index in [4.69, 9.17) is 9.15 Å². The van der Waals surface area contributed by atoms with Crippen molar-refractivity contribution in [2.45, 2.75) is 37.9 Å². The number of hydrogen-bond donors (Lipinski definition) is 1. The van der Waals surface area contributed by atoms with Crippen molar-refractivity contribution in [1.82, 2.24) is 0 Å². The second kappa shape index (κ2) is 3.11. The van der Waals surface area contributed by atoms with Gasteiger partial charge in [0.2, 0.25) is 0 Å². The summed E-state index contributed by atoms with van der Waals surface area (Å²) < 4.78 is 11.2. The first-order chi connectivity index (χ1) is 6.58. The summed E-state index contributed by atoms with van der Waals surface area (Å²) in [6.07, 6.45) is 3.40. The topological polar surface area (TPSA) is 42.6 Å². The lowest BCUT2D eigenvalue weighted by atomic mass is 9.97. The SMILES string of the molecule is CC1(CO)CCC(C)(c2ccco2)O1. The van der Waals surface area contributed by atoms with Gasteiger partial charge in [-0.25, -0.2) is 0 Å². The minimum Gasteiger partial charge on any atom is -0.466 e. The third-order valence-corrected chi connectivity index (χ3v) is 2.98. The average Bonchev–Trinajstić information content (AvgIpc) is 2.75. The molecule has 0 bridgehead atoms. The van der Waals surface area contributed by atoms with Crippen molar-refractivity contribution in [3.05, 3.63) is 24.2 Å². The predicted molar refractivity (Wildman–Crippen MR) is 51.9 cm³/mol. The molecule has 1 aliphatic rings. The average molecular weight is 196 g/mol. The molecule has 1 aromatic heterocycles. The fraction of sp³-hybridized carbons (Fsp3) is 0.636. The Balaban J connectivity index is 2.21. The largest absolute Gasteiger partial charge is 0.466 e. The molecule has 3 nitrogen and oxygen atoms in total. The van der Waals surface area contributed by atoms with Gasteiger partial charge in [-0.3, -0.25) is 0 Å². The van der Waals surface area contributed by atoms with E-state index in [1.165, 1.54) is 0 Å². The maximum absolute atomic E-state index is 9.20. The fourth-order valence-corrected chi connectivity index (χ4v) is 2.01. The summed E-state index contributed by atoms with van der Waals surface area (Å²) in [6, 6.07) is 3.78. The lowest BCUT2D eigenvalue weighted by Crippen LogP contribution is -2.32. The van der Waals surface area contributed by atoms with Gasteiger partial charge >= 0.3 is 0 Å². The van der Waals surface area contributed by atoms with E-state index in [9.17, 15) is 5.11 Å². The lowest BCUT2D eigenvalue weighted by Gasteiger charge is -2.27. The molecule has 0 spiro atoms. The van der Waals surface area contributed by atoms with Gasteiger partial charge < -0.3 is 14.3 Å². The molecule has 1 aromatic rings. The highest BCUT2D eigenvalue weighted by atomic mass is 16.5. The van der Waals surface area contributed by atoms with Gasteiger partial charge in [0.05, 0.1) is 18.5 Å². The van der Waals surface area contributed by atoms with Crippen LogP contribution in [-0.2, 0) is 10.3 Å². The van der Waals surface area contributed by atoms with Crippen LogP contribution in [0, 0.1) is 0 Å². The molecule has 0 aromatic carbocycles.